The third-order valence-corrected chi connectivity index (χ3v) is 6.03. The van der Waals surface area contributed by atoms with E-state index in [0.29, 0.717) is 10.4 Å². The van der Waals surface area contributed by atoms with E-state index in [1.54, 1.807) is 25.1 Å². The molecule has 0 saturated heterocycles. The lowest BCUT2D eigenvalue weighted by Crippen LogP contribution is -2.26. The van der Waals surface area contributed by atoms with E-state index in [4.69, 9.17) is 23.2 Å². The van der Waals surface area contributed by atoms with Gasteiger partial charge in [0.2, 0.25) is 11.7 Å². The van der Waals surface area contributed by atoms with Crippen molar-refractivity contribution in [2.75, 3.05) is 0 Å². The predicted molar refractivity (Wildman–Crippen MR) is 103 cm³/mol. The van der Waals surface area contributed by atoms with E-state index in [9.17, 15) is 20.0 Å². The average molecular weight is 407 g/mol. The second-order valence-corrected chi connectivity index (χ2v) is 7.44. The fraction of sp³-hybridized carbons (Fsp3) is 0.167. The minimum atomic E-state index is -0.629. The van der Waals surface area contributed by atoms with Crippen LogP contribution in [-0.4, -0.2) is 15.5 Å². The van der Waals surface area contributed by atoms with Gasteiger partial charge < -0.3 is 5.11 Å². The van der Waals surface area contributed by atoms with Crippen molar-refractivity contribution < 1.29 is 9.90 Å². The van der Waals surface area contributed by atoms with Gasteiger partial charge in [0.1, 0.15) is 11.6 Å². The van der Waals surface area contributed by atoms with Gasteiger partial charge in [-0.25, -0.2) is 0 Å². The molecule has 0 aliphatic rings. The summed E-state index contributed by atoms with van der Waals surface area (Å²) in [6.07, 6.45) is 0. The van der Waals surface area contributed by atoms with Gasteiger partial charge in [0.15, 0.2) is 0 Å². The SMILES string of the molecule is CCn1c(O)c(C(=O)c2sc3cc(Cl)ccc3c2Cl)c(C)c(C#N)c1=O. The molecule has 0 atom stereocenters. The van der Waals surface area contributed by atoms with Crippen LogP contribution in [-0.2, 0) is 6.54 Å². The lowest BCUT2D eigenvalue weighted by atomic mass is 10.0. The number of carbonyl (C=O) groups is 1. The van der Waals surface area contributed by atoms with Crippen LogP contribution in [0, 0.1) is 18.3 Å². The molecule has 0 aliphatic carbocycles. The van der Waals surface area contributed by atoms with Crippen molar-refractivity contribution in [1.29, 1.82) is 5.26 Å². The first-order valence-electron chi connectivity index (χ1n) is 7.60. The summed E-state index contributed by atoms with van der Waals surface area (Å²) in [6.45, 7) is 3.22. The molecular formula is C18H12Cl2N2O3S. The first-order chi connectivity index (χ1) is 12.3. The van der Waals surface area contributed by atoms with Crippen LogP contribution in [0.25, 0.3) is 10.1 Å². The summed E-state index contributed by atoms with van der Waals surface area (Å²) in [5.41, 5.74) is -0.761. The quantitative estimate of drug-likeness (QED) is 0.648. The monoisotopic (exact) mass is 406 g/mol. The standard InChI is InChI=1S/C18H12Cl2N2O3S/c1-3-22-17(24)11(7-21)8(2)13(18(22)25)15(23)16-14(20)10-5-4-9(19)6-12(10)26-16/h4-6,25H,3H2,1-2H3. The smallest absolute Gasteiger partial charge is 0.271 e. The van der Waals surface area contributed by atoms with Crippen LogP contribution in [0.3, 0.4) is 0 Å². The summed E-state index contributed by atoms with van der Waals surface area (Å²) in [7, 11) is 0. The number of hydrogen-bond acceptors (Lipinski definition) is 5. The van der Waals surface area contributed by atoms with Gasteiger partial charge in [0, 0.05) is 21.7 Å². The van der Waals surface area contributed by atoms with Crippen molar-refractivity contribution in [3.63, 3.8) is 0 Å². The molecule has 3 aromatic rings. The van der Waals surface area contributed by atoms with Crippen LogP contribution >= 0.6 is 34.5 Å². The van der Waals surface area contributed by atoms with Crippen LogP contribution in [0.5, 0.6) is 5.88 Å². The third-order valence-electron chi connectivity index (χ3n) is 4.14. The van der Waals surface area contributed by atoms with Crippen LogP contribution in [0.2, 0.25) is 10.0 Å². The van der Waals surface area contributed by atoms with Crippen molar-refractivity contribution >= 4 is 50.4 Å². The zero-order chi connectivity index (χ0) is 19.2. The molecule has 1 N–H and O–H groups in total. The van der Waals surface area contributed by atoms with Gasteiger partial charge >= 0.3 is 0 Å². The van der Waals surface area contributed by atoms with E-state index in [1.807, 2.05) is 6.07 Å². The number of rotatable bonds is 3. The molecule has 0 saturated carbocycles. The first kappa shape index (κ1) is 18.5. The summed E-state index contributed by atoms with van der Waals surface area (Å²) in [5.74, 6) is -1.01. The van der Waals surface area contributed by atoms with Crippen molar-refractivity contribution in [2.45, 2.75) is 20.4 Å². The van der Waals surface area contributed by atoms with Gasteiger partial charge in [-0.05, 0) is 31.5 Å². The van der Waals surface area contributed by atoms with Crippen LogP contribution < -0.4 is 5.56 Å². The summed E-state index contributed by atoms with van der Waals surface area (Å²) < 4.78 is 1.73. The number of nitriles is 1. The lowest BCUT2D eigenvalue weighted by molar-refractivity contribution is 0.103. The van der Waals surface area contributed by atoms with E-state index in [1.165, 1.54) is 6.92 Å². The number of aromatic hydroxyl groups is 1. The summed E-state index contributed by atoms with van der Waals surface area (Å²) in [5, 5.41) is 21.2. The van der Waals surface area contributed by atoms with Crippen molar-refractivity contribution in [1.82, 2.24) is 4.57 Å². The van der Waals surface area contributed by atoms with E-state index >= 15 is 0 Å². The van der Waals surface area contributed by atoms with E-state index in [2.05, 4.69) is 0 Å². The number of nitrogens with zero attached hydrogens (tertiary/aromatic N) is 2. The number of fused-ring (bicyclic) bond motifs is 1. The molecule has 8 heteroatoms. The first-order valence-corrected chi connectivity index (χ1v) is 9.17. The molecule has 0 bridgehead atoms. The van der Waals surface area contributed by atoms with Gasteiger partial charge in [-0.15, -0.1) is 11.3 Å². The molecule has 0 amide bonds. The normalized spacial score (nSPS) is 10.9. The number of benzene rings is 1. The van der Waals surface area contributed by atoms with Crippen LogP contribution in [0.15, 0.2) is 23.0 Å². The highest BCUT2D eigenvalue weighted by atomic mass is 35.5. The van der Waals surface area contributed by atoms with Gasteiger partial charge in [0.05, 0.1) is 15.5 Å². The fourth-order valence-electron chi connectivity index (χ4n) is 2.81. The Kier molecular flexibility index (Phi) is 4.80. The Bertz CT molecular complexity index is 1170. The van der Waals surface area contributed by atoms with Crippen LogP contribution in [0.1, 0.15) is 33.3 Å². The number of carbonyl (C=O) groups excluding carboxylic acids is 1. The van der Waals surface area contributed by atoms with Gasteiger partial charge in [0.25, 0.3) is 5.56 Å². The molecule has 0 unspecified atom stereocenters. The largest absolute Gasteiger partial charge is 0.494 e. The Labute approximate surface area is 162 Å². The van der Waals surface area contributed by atoms with E-state index < -0.39 is 17.2 Å². The number of hydrogen-bond donors (Lipinski definition) is 1. The molecule has 0 aliphatic heterocycles. The maximum absolute atomic E-state index is 13.1. The Balaban J connectivity index is 2.31. The topological polar surface area (TPSA) is 83.1 Å². The second kappa shape index (κ2) is 6.76. The Morgan fingerprint density at radius 2 is 2.08 bits per heavy atom. The fourth-order valence-corrected chi connectivity index (χ4v) is 4.55. The predicted octanol–water partition coefficient (Wildman–Crippen LogP) is 4.51. The number of ketones is 1. The molecule has 5 nitrogen and oxygen atoms in total. The summed E-state index contributed by atoms with van der Waals surface area (Å²) in [4.78, 5) is 25.6. The average Bonchev–Trinajstić information content (AvgIpc) is 2.91. The second-order valence-electron chi connectivity index (χ2n) is 5.57. The lowest BCUT2D eigenvalue weighted by Gasteiger charge is -2.13. The summed E-state index contributed by atoms with van der Waals surface area (Å²) in [6, 6.07) is 6.90. The van der Waals surface area contributed by atoms with Crippen molar-refractivity contribution in [3.8, 4) is 11.9 Å². The van der Waals surface area contributed by atoms with Gasteiger partial charge in [-0.2, -0.15) is 5.26 Å². The number of halogens is 2. The number of aromatic nitrogens is 1. The molecular weight excluding hydrogens is 395 g/mol. The van der Waals surface area contributed by atoms with Crippen molar-refractivity contribution in [2.24, 2.45) is 0 Å². The van der Waals surface area contributed by atoms with Gasteiger partial charge in [-0.3, -0.25) is 14.2 Å². The Morgan fingerprint density at radius 3 is 2.69 bits per heavy atom. The highest BCUT2D eigenvalue weighted by molar-refractivity contribution is 7.21. The number of thiophene rings is 1. The minimum absolute atomic E-state index is 0.0949. The molecule has 0 fully saturated rings. The highest BCUT2D eigenvalue weighted by Crippen LogP contribution is 2.39. The Morgan fingerprint density at radius 1 is 1.38 bits per heavy atom. The van der Waals surface area contributed by atoms with E-state index in [-0.39, 0.29) is 33.1 Å². The minimum Gasteiger partial charge on any atom is -0.494 e. The number of pyridine rings is 1. The van der Waals surface area contributed by atoms with Crippen LogP contribution in [0.4, 0.5) is 0 Å². The molecule has 2 aromatic heterocycles. The molecule has 0 radical (unpaired) electrons. The molecule has 0 spiro atoms. The maximum atomic E-state index is 13.1. The molecule has 3 rings (SSSR count). The third kappa shape index (κ3) is 2.69. The van der Waals surface area contributed by atoms with Crippen molar-refractivity contribution in [3.05, 3.63) is 60.2 Å². The Hall–Kier alpha value is -2.33. The molecule has 2 heterocycles. The highest BCUT2D eigenvalue weighted by Gasteiger charge is 2.27. The zero-order valence-electron chi connectivity index (χ0n) is 13.8. The zero-order valence-corrected chi connectivity index (χ0v) is 16.1. The molecule has 1 aromatic carbocycles. The maximum Gasteiger partial charge on any atom is 0.271 e. The molecule has 132 valence electrons. The van der Waals surface area contributed by atoms with Gasteiger partial charge in [-0.1, -0.05) is 29.3 Å². The summed E-state index contributed by atoms with van der Waals surface area (Å²) >= 11 is 13.5. The molecule has 26 heavy (non-hydrogen) atoms. The van der Waals surface area contributed by atoms with E-state index in [0.717, 1.165) is 20.6 Å².